The van der Waals surface area contributed by atoms with Crippen LogP contribution in [0.25, 0.3) is 0 Å². The number of rotatable bonds is 4. The minimum absolute atomic E-state index is 0.237. The molecule has 0 amide bonds. The topological polar surface area (TPSA) is 34.1 Å². The second-order valence-electron chi connectivity index (χ2n) is 4.04. The molecule has 2 rings (SSSR count). The first kappa shape index (κ1) is 11.7. The first-order valence-electron chi connectivity index (χ1n) is 5.17. The minimum atomic E-state index is -3.31. The van der Waals surface area contributed by atoms with Gasteiger partial charge in [-0.2, -0.15) is 0 Å². The number of halogens is 1. The lowest BCUT2D eigenvalue weighted by atomic mass is 10.3. The molecule has 1 aromatic rings. The Balaban J connectivity index is 2.41. The van der Waals surface area contributed by atoms with E-state index in [0.29, 0.717) is 5.02 Å². The summed E-state index contributed by atoms with van der Waals surface area (Å²) in [5, 5.41) is -0.0225. The summed E-state index contributed by atoms with van der Waals surface area (Å²) in [6, 6.07) is 6.40. The van der Waals surface area contributed by atoms with E-state index in [9.17, 15) is 8.42 Å². The number of hydrogen-bond acceptors (Lipinski definition) is 2. The fraction of sp³-hybridized carbons (Fsp3) is 0.333. The molecule has 0 aliphatic heterocycles. The van der Waals surface area contributed by atoms with Crippen molar-refractivity contribution in [2.45, 2.75) is 23.0 Å². The van der Waals surface area contributed by atoms with Gasteiger partial charge in [-0.05, 0) is 37.0 Å². The van der Waals surface area contributed by atoms with Crippen molar-refractivity contribution in [2.75, 3.05) is 0 Å². The standard InChI is InChI=1S/C12H13ClO2S/c1-2-12(9-6-7-9)16(14,15)11-5-3-4-10(13)8-11/h2-5,8-9,12H,1,6-7H2. The highest BCUT2D eigenvalue weighted by Gasteiger charge is 2.38. The number of benzene rings is 1. The SMILES string of the molecule is C=CC(C1CC1)S(=O)(=O)c1cccc(Cl)c1. The quantitative estimate of drug-likeness (QED) is 0.776. The van der Waals surface area contributed by atoms with E-state index in [1.54, 1.807) is 18.2 Å². The van der Waals surface area contributed by atoms with Crippen LogP contribution in [0.3, 0.4) is 0 Å². The molecular weight excluding hydrogens is 244 g/mol. The van der Waals surface area contributed by atoms with Crippen molar-refractivity contribution in [1.29, 1.82) is 0 Å². The Bertz CT molecular complexity index is 504. The van der Waals surface area contributed by atoms with Crippen LogP contribution < -0.4 is 0 Å². The zero-order valence-corrected chi connectivity index (χ0v) is 10.3. The summed E-state index contributed by atoms with van der Waals surface area (Å²) in [6.45, 7) is 3.62. The van der Waals surface area contributed by atoms with Gasteiger partial charge in [0.2, 0.25) is 0 Å². The van der Waals surface area contributed by atoms with Crippen LogP contribution in [0.1, 0.15) is 12.8 Å². The first-order valence-corrected chi connectivity index (χ1v) is 7.10. The zero-order chi connectivity index (χ0) is 11.8. The molecule has 0 radical (unpaired) electrons. The molecule has 1 aliphatic carbocycles. The molecule has 1 unspecified atom stereocenters. The molecule has 1 aromatic carbocycles. The van der Waals surface area contributed by atoms with E-state index in [4.69, 9.17) is 11.6 Å². The molecule has 0 heterocycles. The molecule has 16 heavy (non-hydrogen) atoms. The molecule has 1 atom stereocenters. The molecule has 0 aromatic heterocycles. The smallest absolute Gasteiger partial charge is 0.185 e. The summed E-state index contributed by atoms with van der Waals surface area (Å²) in [5.41, 5.74) is 0. The lowest BCUT2D eigenvalue weighted by molar-refractivity contribution is 0.582. The third-order valence-electron chi connectivity index (χ3n) is 2.80. The zero-order valence-electron chi connectivity index (χ0n) is 8.77. The third-order valence-corrected chi connectivity index (χ3v) is 5.24. The van der Waals surface area contributed by atoms with Crippen LogP contribution in [0.2, 0.25) is 5.02 Å². The van der Waals surface area contributed by atoms with Crippen LogP contribution in [-0.2, 0) is 9.84 Å². The van der Waals surface area contributed by atoms with Crippen molar-refractivity contribution in [2.24, 2.45) is 5.92 Å². The molecule has 1 aliphatic rings. The Hall–Kier alpha value is -0.800. The predicted molar refractivity (Wildman–Crippen MR) is 65.3 cm³/mol. The van der Waals surface area contributed by atoms with Crippen molar-refractivity contribution < 1.29 is 8.42 Å². The minimum Gasteiger partial charge on any atom is -0.223 e. The predicted octanol–water partition coefficient (Wildman–Crippen LogP) is 3.08. The van der Waals surface area contributed by atoms with Gasteiger partial charge in [-0.25, -0.2) is 8.42 Å². The first-order chi connectivity index (χ1) is 7.55. The van der Waals surface area contributed by atoms with Crippen LogP contribution in [0.5, 0.6) is 0 Å². The average molecular weight is 257 g/mol. The van der Waals surface area contributed by atoms with E-state index in [-0.39, 0.29) is 10.8 Å². The highest BCUT2D eigenvalue weighted by Crippen LogP contribution is 2.39. The van der Waals surface area contributed by atoms with E-state index < -0.39 is 15.1 Å². The Kier molecular flexibility index (Phi) is 3.08. The van der Waals surface area contributed by atoms with E-state index in [1.807, 2.05) is 0 Å². The van der Waals surface area contributed by atoms with Gasteiger partial charge in [-0.1, -0.05) is 23.7 Å². The third kappa shape index (κ3) is 2.15. The molecule has 0 saturated heterocycles. The van der Waals surface area contributed by atoms with Crippen molar-refractivity contribution in [3.8, 4) is 0 Å². The van der Waals surface area contributed by atoms with Gasteiger partial charge in [0.25, 0.3) is 0 Å². The second-order valence-corrected chi connectivity index (χ2v) is 6.58. The molecule has 2 nitrogen and oxygen atoms in total. The molecule has 0 spiro atoms. The van der Waals surface area contributed by atoms with E-state index >= 15 is 0 Å². The summed E-state index contributed by atoms with van der Waals surface area (Å²) < 4.78 is 24.5. The van der Waals surface area contributed by atoms with Crippen molar-refractivity contribution in [3.05, 3.63) is 41.9 Å². The monoisotopic (exact) mass is 256 g/mol. The average Bonchev–Trinajstić information content (AvgIpc) is 3.03. The Morgan fingerprint density at radius 2 is 2.12 bits per heavy atom. The Morgan fingerprint density at radius 1 is 1.44 bits per heavy atom. The van der Waals surface area contributed by atoms with Gasteiger partial charge in [-0.3, -0.25) is 0 Å². The lowest BCUT2D eigenvalue weighted by Gasteiger charge is -2.12. The Labute approximate surface area is 101 Å². The number of sulfone groups is 1. The summed E-state index contributed by atoms with van der Waals surface area (Å²) in [4.78, 5) is 0.289. The second kappa shape index (κ2) is 4.22. The van der Waals surface area contributed by atoms with Gasteiger partial charge in [0.05, 0.1) is 10.1 Å². The maximum atomic E-state index is 12.3. The fourth-order valence-electron chi connectivity index (χ4n) is 1.80. The van der Waals surface area contributed by atoms with Gasteiger partial charge in [0.15, 0.2) is 9.84 Å². The van der Waals surface area contributed by atoms with Gasteiger partial charge in [0.1, 0.15) is 0 Å². The largest absolute Gasteiger partial charge is 0.223 e. The van der Waals surface area contributed by atoms with Gasteiger partial charge >= 0.3 is 0 Å². The molecule has 4 heteroatoms. The van der Waals surface area contributed by atoms with Crippen LogP contribution in [0.4, 0.5) is 0 Å². The van der Waals surface area contributed by atoms with Gasteiger partial charge in [-0.15, -0.1) is 6.58 Å². The number of hydrogen-bond donors (Lipinski definition) is 0. The molecule has 1 saturated carbocycles. The highest BCUT2D eigenvalue weighted by molar-refractivity contribution is 7.92. The lowest BCUT2D eigenvalue weighted by Crippen LogP contribution is -2.21. The normalized spacial score (nSPS) is 18.1. The van der Waals surface area contributed by atoms with E-state index in [2.05, 4.69) is 6.58 Å². The molecular formula is C12H13ClO2S. The summed E-state index contributed by atoms with van der Waals surface area (Å²) in [7, 11) is -3.31. The van der Waals surface area contributed by atoms with Gasteiger partial charge < -0.3 is 0 Å². The van der Waals surface area contributed by atoms with Crippen LogP contribution in [0.15, 0.2) is 41.8 Å². The van der Waals surface area contributed by atoms with Crippen LogP contribution in [0, 0.1) is 5.92 Å². The summed E-state index contributed by atoms with van der Waals surface area (Å²) in [5.74, 6) is 0.237. The fourth-order valence-corrected chi connectivity index (χ4v) is 3.96. The molecule has 0 N–H and O–H groups in total. The van der Waals surface area contributed by atoms with Crippen molar-refractivity contribution in [3.63, 3.8) is 0 Å². The summed E-state index contributed by atoms with van der Waals surface area (Å²) in [6.07, 6.45) is 3.47. The van der Waals surface area contributed by atoms with Gasteiger partial charge in [0, 0.05) is 5.02 Å². The van der Waals surface area contributed by atoms with E-state index in [0.717, 1.165) is 12.8 Å². The van der Waals surface area contributed by atoms with Crippen LogP contribution >= 0.6 is 11.6 Å². The molecule has 86 valence electrons. The maximum absolute atomic E-state index is 12.3. The summed E-state index contributed by atoms with van der Waals surface area (Å²) >= 11 is 5.80. The van der Waals surface area contributed by atoms with Crippen molar-refractivity contribution in [1.82, 2.24) is 0 Å². The highest BCUT2D eigenvalue weighted by atomic mass is 35.5. The van der Waals surface area contributed by atoms with Crippen LogP contribution in [-0.4, -0.2) is 13.7 Å². The van der Waals surface area contributed by atoms with E-state index in [1.165, 1.54) is 12.1 Å². The Morgan fingerprint density at radius 3 is 2.62 bits per heavy atom. The molecule has 0 bridgehead atoms. The van der Waals surface area contributed by atoms with Crippen molar-refractivity contribution >= 4 is 21.4 Å². The maximum Gasteiger partial charge on any atom is 0.185 e. The molecule has 1 fully saturated rings.